The van der Waals surface area contributed by atoms with Gasteiger partial charge in [0.15, 0.2) is 0 Å². The highest BCUT2D eigenvalue weighted by atomic mass is 19.1. The van der Waals surface area contributed by atoms with E-state index in [0.29, 0.717) is 32.6 Å². The van der Waals surface area contributed by atoms with Crippen molar-refractivity contribution in [3.63, 3.8) is 0 Å². The van der Waals surface area contributed by atoms with Gasteiger partial charge in [0.1, 0.15) is 30.1 Å². The molecule has 0 saturated carbocycles. The van der Waals surface area contributed by atoms with Crippen LogP contribution < -0.4 is 21.3 Å². The summed E-state index contributed by atoms with van der Waals surface area (Å²) in [6.45, 7) is 8.90. The van der Waals surface area contributed by atoms with Gasteiger partial charge in [-0.15, -0.1) is 0 Å². The normalized spacial score (nSPS) is 16.7. The second kappa shape index (κ2) is 19.6. The van der Waals surface area contributed by atoms with Gasteiger partial charge in [0.2, 0.25) is 11.8 Å². The first kappa shape index (κ1) is 42.6. The van der Waals surface area contributed by atoms with E-state index in [0.717, 1.165) is 22.8 Å². The second-order valence-electron chi connectivity index (χ2n) is 15.3. The Bertz CT molecular complexity index is 1880. The molecule has 0 aliphatic carbocycles. The van der Waals surface area contributed by atoms with Crippen molar-refractivity contribution in [1.29, 1.82) is 0 Å². The molecule has 0 radical (unpaired) electrons. The Morgan fingerprint density at radius 3 is 2.35 bits per heavy atom. The zero-order chi connectivity index (χ0) is 41.1. The smallest absolute Gasteiger partial charge is 0.410 e. The summed E-state index contributed by atoms with van der Waals surface area (Å²) in [5, 5.41) is 11.1. The largest absolute Gasteiger partial charge is 0.445 e. The molecule has 2 heterocycles. The maximum Gasteiger partial charge on any atom is 0.410 e. The van der Waals surface area contributed by atoms with Crippen LogP contribution in [0.15, 0.2) is 72.8 Å². The number of nitrogens with zero attached hydrogens (tertiary/aromatic N) is 2. The van der Waals surface area contributed by atoms with E-state index in [1.165, 1.54) is 24.1 Å². The Kier molecular flexibility index (Phi) is 14.6. The van der Waals surface area contributed by atoms with Gasteiger partial charge in [0, 0.05) is 58.0 Å². The Morgan fingerprint density at radius 1 is 0.947 bits per heavy atom. The molecule has 14 nitrogen and oxygen atoms in total. The van der Waals surface area contributed by atoms with Crippen molar-refractivity contribution in [2.45, 2.75) is 77.4 Å². The van der Waals surface area contributed by atoms with E-state index in [1.807, 2.05) is 59.5 Å². The molecule has 306 valence electrons. The predicted molar refractivity (Wildman–Crippen MR) is 211 cm³/mol. The minimum Gasteiger partial charge on any atom is -0.445 e. The molecule has 5 rings (SSSR count). The van der Waals surface area contributed by atoms with Crippen LogP contribution in [-0.4, -0.2) is 97.3 Å². The molecule has 15 heteroatoms. The highest BCUT2D eigenvalue weighted by Gasteiger charge is 2.39. The molecule has 3 atom stereocenters. The maximum atomic E-state index is 15.2. The molecule has 1 saturated heterocycles. The number of carbonyl (C=O) groups is 5. The maximum absolute atomic E-state index is 15.2. The van der Waals surface area contributed by atoms with Gasteiger partial charge in [-0.1, -0.05) is 54.6 Å². The van der Waals surface area contributed by atoms with Crippen LogP contribution in [0.2, 0.25) is 0 Å². The summed E-state index contributed by atoms with van der Waals surface area (Å²) in [6.07, 6.45) is 0.118. The number of amides is 5. The molecular weight excluding hydrogens is 735 g/mol. The van der Waals surface area contributed by atoms with Crippen LogP contribution in [0.3, 0.4) is 0 Å². The molecule has 4 N–H and O–H groups in total. The van der Waals surface area contributed by atoms with Gasteiger partial charge in [0.05, 0.1) is 5.69 Å². The summed E-state index contributed by atoms with van der Waals surface area (Å²) in [6, 6.07) is 18.3. The number of benzene rings is 3. The molecule has 5 amide bonds. The van der Waals surface area contributed by atoms with Gasteiger partial charge in [-0.25, -0.2) is 14.0 Å². The van der Waals surface area contributed by atoms with Crippen molar-refractivity contribution in [3.8, 4) is 0 Å². The Labute approximate surface area is 332 Å². The van der Waals surface area contributed by atoms with Gasteiger partial charge in [-0.05, 0) is 81.3 Å². The number of ether oxygens (including phenoxy) is 3. The number of alkyl carbamates (subject to hydrolysis) is 1. The number of nitrogens with one attached hydrogen (secondary N) is 4. The van der Waals surface area contributed by atoms with Crippen molar-refractivity contribution < 1.29 is 42.6 Å². The standard InChI is InChI=1S/C42H53FN6O8/c1-27(48(5)41(54)57-42(2,3)4)37(50)47-35(29-17-21-55-22-18-29)25-49-24-31-13-9-10-14-32(31)36(49)39(52)46-34-23-30(15-16-33(34)43)38(51)44-19-20-45-40(53)56-26-28-11-7-6-8-12-28/h6-16,23,27,29,35-36H,17-22,24-26H2,1-5H3,(H,44,51)(H,45,53)(H,46,52)(H,47,50)/t27-,35?,36-/m0/s1. The number of anilines is 1. The molecule has 57 heavy (non-hydrogen) atoms. The lowest BCUT2D eigenvalue weighted by molar-refractivity contribution is -0.127. The first-order valence-electron chi connectivity index (χ1n) is 19.2. The van der Waals surface area contributed by atoms with E-state index in [4.69, 9.17) is 14.2 Å². The highest BCUT2D eigenvalue weighted by molar-refractivity contribution is 5.99. The fourth-order valence-electron chi connectivity index (χ4n) is 6.76. The van der Waals surface area contributed by atoms with Crippen LogP contribution in [0.5, 0.6) is 0 Å². The molecule has 0 spiro atoms. The third kappa shape index (κ3) is 12.0. The average molecular weight is 789 g/mol. The van der Waals surface area contributed by atoms with Crippen LogP contribution in [0.1, 0.15) is 73.6 Å². The van der Waals surface area contributed by atoms with Crippen molar-refractivity contribution >= 4 is 35.6 Å². The summed E-state index contributed by atoms with van der Waals surface area (Å²) < 4.78 is 31.5. The van der Waals surface area contributed by atoms with Crippen molar-refractivity contribution in [2.24, 2.45) is 5.92 Å². The van der Waals surface area contributed by atoms with Crippen LogP contribution in [0.4, 0.5) is 19.7 Å². The molecule has 0 aromatic heterocycles. The average Bonchev–Trinajstić information content (AvgIpc) is 3.56. The molecule has 1 fully saturated rings. The van der Waals surface area contributed by atoms with E-state index in [9.17, 15) is 24.0 Å². The van der Waals surface area contributed by atoms with E-state index < -0.39 is 53.5 Å². The number of hydrogen-bond donors (Lipinski definition) is 4. The lowest BCUT2D eigenvalue weighted by Crippen LogP contribution is -2.55. The molecule has 2 aliphatic rings. The van der Waals surface area contributed by atoms with Gasteiger partial charge in [-0.2, -0.15) is 0 Å². The Balaban J connectivity index is 1.24. The second-order valence-corrected chi connectivity index (χ2v) is 15.3. The first-order chi connectivity index (χ1) is 27.2. The SMILES string of the molecule is C[C@@H](C(=O)NC(CN1Cc2ccccc2[C@H]1C(=O)Nc1cc(C(=O)NCCNC(=O)OCc2ccccc2)ccc1F)C1CCOCC1)N(C)C(=O)OC(C)(C)C. The van der Waals surface area contributed by atoms with Crippen molar-refractivity contribution in [3.05, 3.63) is 101 Å². The predicted octanol–water partition coefficient (Wildman–Crippen LogP) is 5.14. The number of carbonyl (C=O) groups excluding carboxylic acids is 5. The summed E-state index contributed by atoms with van der Waals surface area (Å²) in [7, 11) is 1.51. The first-order valence-corrected chi connectivity index (χ1v) is 19.2. The summed E-state index contributed by atoms with van der Waals surface area (Å²) >= 11 is 0. The summed E-state index contributed by atoms with van der Waals surface area (Å²) in [5.41, 5.74) is 1.70. The number of halogens is 1. The lowest BCUT2D eigenvalue weighted by atomic mass is 9.90. The molecule has 1 unspecified atom stereocenters. The minimum atomic E-state index is -0.845. The van der Waals surface area contributed by atoms with Gasteiger partial charge >= 0.3 is 12.2 Å². The lowest BCUT2D eigenvalue weighted by Gasteiger charge is -2.36. The third-order valence-electron chi connectivity index (χ3n) is 9.95. The summed E-state index contributed by atoms with van der Waals surface area (Å²) in [5.74, 6) is -2.11. The van der Waals surface area contributed by atoms with Crippen molar-refractivity contribution in [2.75, 3.05) is 45.2 Å². The van der Waals surface area contributed by atoms with E-state index >= 15 is 4.39 Å². The van der Waals surface area contributed by atoms with E-state index in [1.54, 1.807) is 27.7 Å². The number of fused-ring (bicyclic) bond motifs is 1. The fraction of sp³-hybridized carbons (Fsp3) is 0.452. The van der Waals surface area contributed by atoms with E-state index in [2.05, 4.69) is 21.3 Å². The summed E-state index contributed by atoms with van der Waals surface area (Å²) in [4.78, 5) is 68.9. The van der Waals surface area contributed by atoms with Crippen LogP contribution in [0, 0.1) is 11.7 Å². The van der Waals surface area contributed by atoms with Gasteiger partial charge < -0.3 is 35.5 Å². The van der Waals surface area contributed by atoms with Crippen molar-refractivity contribution in [1.82, 2.24) is 25.8 Å². The minimum absolute atomic E-state index is 0.0249. The molecule has 3 aromatic carbocycles. The third-order valence-corrected chi connectivity index (χ3v) is 9.95. The molecular formula is C42H53FN6O8. The van der Waals surface area contributed by atoms with Gasteiger partial charge in [0.25, 0.3) is 5.91 Å². The zero-order valence-corrected chi connectivity index (χ0v) is 33.1. The number of likely N-dealkylation sites (N-methyl/N-ethyl adjacent to an activating group) is 1. The van der Waals surface area contributed by atoms with E-state index in [-0.39, 0.29) is 49.3 Å². The zero-order valence-electron chi connectivity index (χ0n) is 33.1. The topological polar surface area (TPSA) is 168 Å². The molecule has 0 bridgehead atoms. The molecule has 3 aromatic rings. The monoisotopic (exact) mass is 788 g/mol. The quantitative estimate of drug-likeness (QED) is 0.162. The van der Waals surface area contributed by atoms with Crippen LogP contribution >= 0.6 is 0 Å². The molecule has 2 aliphatic heterocycles. The Morgan fingerprint density at radius 2 is 1.63 bits per heavy atom. The Hall–Kier alpha value is -5.54. The number of rotatable bonds is 14. The highest BCUT2D eigenvalue weighted by Crippen LogP contribution is 2.36. The number of hydrogen-bond acceptors (Lipinski definition) is 9. The van der Waals surface area contributed by atoms with Crippen LogP contribution in [0.25, 0.3) is 0 Å². The van der Waals surface area contributed by atoms with Crippen LogP contribution in [-0.2, 0) is 37.0 Å². The van der Waals surface area contributed by atoms with Gasteiger partial charge in [-0.3, -0.25) is 24.2 Å². The fourth-order valence-corrected chi connectivity index (χ4v) is 6.76.